The second-order valence-electron chi connectivity index (χ2n) is 7.44. The van der Waals surface area contributed by atoms with Gasteiger partial charge in [0, 0.05) is 18.7 Å². The van der Waals surface area contributed by atoms with Crippen molar-refractivity contribution >= 4 is 22.7 Å². The molecular formula is C21H24N2O3. The SMILES string of the molecule is Cc1nc2ccc(NC(=O)C(C)Oc3cccc(C(C)(C)C)c3)cc2o1. The molecule has 2 aromatic carbocycles. The van der Waals surface area contributed by atoms with Gasteiger partial charge in [0.15, 0.2) is 17.6 Å². The highest BCUT2D eigenvalue weighted by atomic mass is 16.5. The molecule has 1 atom stereocenters. The third-order valence-corrected chi connectivity index (χ3v) is 4.15. The van der Waals surface area contributed by atoms with Crippen LogP contribution in [0, 0.1) is 6.92 Å². The van der Waals surface area contributed by atoms with E-state index in [1.807, 2.05) is 24.3 Å². The molecule has 0 radical (unpaired) electrons. The normalized spacial score (nSPS) is 12.8. The largest absolute Gasteiger partial charge is 0.481 e. The van der Waals surface area contributed by atoms with E-state index in [0.717, 1.165) is 11.1 Å². The monoisotopic (exact) mass is 352 g/mol. The molecule has 3 aromatic rings. The minimum atomic E-state index is -0.627. The van der Waals surface area contributed by atoms with Crippen LogP contribution in [0.4, 0.5) is 5.69 Å². The van der Waals surface area contributed by atoms with E-state index in [1.165, 1.54) is 0 Å². The molecule has 0 aliphatic rings. The molecule has 1 aromatic heterocycles. The van der Waals surface area contributed by atoms with Gasteiger partial charge in [0.05, 0.1) is 0 Å². The highest BCUT2D eigenvalue weighted by molar-refractivity contribution is 5.95. The summed E-state index contributed by atoms with van der Waals surface area (Å²) in [5.74, 6) is 1.06. The Balaban J connectivity index is 1.69. The highest BCUT2D eigenvalue weighted by Gasteiger charge is 2.18. The number of anilines is 1. The van der Waals surface area contributed by atoms with Crippen LogP contribution in [0.2, 0.25) is 0 Å². The van der Waals surface area contributed by atoms with Crippen LogP contribution in [0.1, 0.15) is 39.1 Å². The van der Waals surface area contributed by atoms with Gasteiger partial charge in [-0.3, -0.25) is 4.79 Å². The summed E-state index contributed by atoms with van der Waals surface area (Å²) in [6, 6.07) is 13.2. The molecule has 0 aliphatic carbocycles. The van der Waals surface area contributed by atoms with Crippen molar-refractivity contribution in [2.45, 2.75) is 46.1 Å². The minimum absolute atomic E-state index is 0.0233. The first-order valence-corrected chi connectivity index (χ1v) is 8.67. The van der Waals surface area contributed by atoms with E-state index in [2.05, 4.69) is 37.1 Å². The van der Waals surface area contributed by atoms with Gasteiger partial charge in [-0.1, -0.05) is 32.9 Å². The topological polar surface area (TPSA) is 64.4 Å². The number of fused-ring (bicyclic) bond motifs is 1. The van der Waals surface area contributed by atoms with Crippen molar-refractivity contribution < 1.29 is 13.9 Å². The van der Waals surface area contributed by atoms with E-state index < -0.39 is 6.10 Å². The molecule has 0 aliphatic heterocycles. The lowest BCUT2D eigenvalue weighted by Crippen LogP contribution is -2.30. The average Bonchev–Trinajstić information content (AvgIpc) is 2.93. The Bertz CT molecular complexity index is 938. The summed E-state index contributed by atoms with van der Waals surface area (Å²) in [6.45, 7) is 9.95. The van der Waals surface area contributed by atoms with E-state index in [4.69, 9.17) is 9.15 Å². The third kappa shape index (κ3) is 4.04. The summed E-state index contributed by atoms with van der Waals surface area (Å²) in [5, 5.41) is 2.86. The fourth-order valence-corrected chi connectivity index (χ4v) is 2.66. The van der Waals surface area contributed by atoms with Gasteiger partial charge in [-0.2, -0.15) is 0 Å². The minimum Gasteiger partial charge on any atom is -0.481 e. The number of ether oxygens (including phenoxy) is 1. The van der Waals surface area contributed by atoms with Crippen LogP contribution < -0.4 is 10.1 Å². The smallest absolute Gasteiger partial charge is 0.265 e. The van der Waals surface area contributed by atoms with Crippen molar-refractivity contribution in [1.29, 1.82) is 0 Å². The van der Waals surface area contributed by atoms with Crippen LogP contribution >= 0.6 is 0 Å². The van der Waals surface area contributed by atoms with Crippen LogP contribution in [0.15, 0.2) is 46.9 Å². The third-order valence-electron chi connectivity index (χ3n) is 4.15. The number of hydrogen-bond acceptors (Lipinski definition) is 4. The van der Waals surface area contributed by atoms with Gasteiger partial charge in [0.25, 0.3) is 5.91 Å². The number of rotatable bonds is 4. The molecule has 1 N–H and O–H groups in total. The first kappa shape index (κ1) is 18.0. The average molecular weight is 352 g/mol. The van der Waals surface area contributed by atoms with Crippen molar-refractivity contribution in [3.8, 4) is 5.75 Å². The molecule has 0 bridgehead atoms. The van der Waals surface area contributed by atoms with Crippen molar-refractivity contribution in [2.75, 3.05) is 5.32 Å². The second-order valence-corrected chi connectivity index (χ2v) is 7.44. The second kappa shape index (κ2) is 6.83. The first-order valence-electron chi connectivity index (χ1n) is 8.67. The molecule has 0 saturated heterocycles. The van der Waals surface area contributed by atoms with E-state index in [1.54, 1.807) is 26.0 Å². The van der Waals surface area contributed by atoms with Gasteiger partial charge in [0.1, 0.15) is 11.3 Å². The summed E-state index contributed by atoms with van der Waals surface area (Å²) in [7, 11) is 0. The molecule has 0 spiro atoms. The van der Waals surface area contributed by atoms with Crippen LogP contribution in [0.5, 0.6) is 5.75 Å². The van der Waals surface area contributed by atoms with E-state index in [-0.39, 0.29) is 11.3 Å². The molecule has 0 fully saturated rings. The van der Waals surface area contributed by atoms with Gasteiger partial charge in [-0.25, -0.2) is 4.98 Å². The number of aryl methyl sites for hydroxylation is 1. The summed E-state index contributed by atoms with van der Waals surface area (Å²) < 4.78 is 11.3. The number of amides is 1. The Morgan fingerprint density at radius 3 is 2.69 bits per heavy atom. The number of nitrogens with one attached hydrogen (secondary N) is 1. The predicted molar refractivity (Wildman–Crippen MR) is 103 cm³/mol. The summed E-state index contributed by atoms with van der Waals surface area (Å²) in [6.07, 6.45) is -0.627. The molecule has 1 heterocycles. The molecule has 5 heteroatoms. The van der Waals surface area contributed by atoms with Crippen molar-refractivity contribution in [3.63, 3.8) is 0 Å². The maximum Gasteiger partial charge on any atom is 0.265 e. The lowest BCUT2D eigenvalue weighted by molar-refractivity contribution is -0.122. The van der Waals surface area contributed by atoms with Crippen LogP contribution in [0.3, 0.4) is 0 Å². The van der Waals surface area contributed by atoms with Crippen LogP contribution in [-0.4, -0.2) is 17.0 Å². The van der Waals surface area contributed by atoms with Crippen molar-refractivity contribution in [2.24, 2.45) is 0 Å². The molecular weight excluding hydrogens is 328 g/mol. The predicted octanol–water partition coefficient (Wildman–Crippen LogP) is 4.84. The maximum absolute atomic E-state index is 12.5. The lowest BCUT2D eigenvalue weighted by Gasteiger charge is -2.21. The van der Waals surface area contributed by atoms with Crippen molar-refractivity contribution in [1.82, 2.24) is 4.98 Å². The number of carbonyl (C=O) groups excluding carboxylic acids is 1. The summed E-state index contributed by atoms with van der Waals surface area (Å²) >= 11 is 0. The number of carbonyl (C=O) groups is 1. The molecule has 3 rings (SSSR count). The molecule has 0 saturated carbocycles. The quantitative estimate of drug-likeness (QED) is 0.730. The van der Waals surface area contributed by atoms with Gasteiger partial charge in [-0.15, -0.1) is 0 Å². The number of benzene rings is 2. The fraction of sp³-hybridized carbons (Fsp3) is 0.333. The van der Waals surface area contributed by atoms with Crippen LogP contribution in [0.25, 0.3) is 11.1 Å². The molecule has 5 nitrogen and oxygen atoms in total. The Labute approximate surface area is 153 Å². The highest BCUT2D eigenvalue weighted by Crippen LogP contribution is 2.26. The first-order chi connectivity index (χ1) is 12.2. The number of hydrogen-bond donors (Lipinski definition) is 1. The number of nitrogens with zero attached hydrogens (tertiary/aromatic N) is 1. The Hall–Kier alpha value is -2.82. The van der Waals surface area contributed by atoms with Gasteiger partial charge < -0.3 is 14.5 Å². The Kier molecular flexibility index (Phi) is 4.72. The Morgan fingerprint density at radius 1 is 1.19 bits per heavy atom. The van der Waals surface area contributed by atoms with E-state index in [9.17, 15) is 4.79 Å². The Morgan fingerprint density at radius 2 is 1.96 bits per heavy atom. The zero-order valence-electron chi connectivity index (χ0n) is 15.8. The number of oxazole rings is 1. The summed E-state index contributed by atoms with van der Waals surface area (Å²) in [5.41, 5.74) is 3.25. The van der Waals surface area contributed by atoms with Gasteiger partial charge in [-0.05, 0) is 42.2 Å². The summed E-state index contributed by atoms with van der Waals surface area (Å²) in [4.78, 5) is 16.7. The molecule has 26 heavy (non-hydrogen) atoms. The molecule has 1 amide bonds. The molecule has 136 valence electrons. The standard InChI is InChI=1S/C21H24N2O3/c1-13(25-17-8-6-7-15(11-17)21(3,4)5)20(24)23-16-9-10-18-19(12-16)26-14(2)22-18/h6-13H,1-5H3,(H,23,24). The van der Waals surface area contributed by atoms with E-state index >= 15 is 0 Å². The zero-order chi connectivity index (χ0) is 18.9. The zero-order valence-corrected chi connectivity index (χ0v) is 15.8. The maximum atomic E-state index is 12.5. The van der Waals surface area contributed by atoms with E-state index in [0.29, 0.717) is 22.9 Å². The number of aromatic nitrogens is 1. The van der Waals surface area contributed by atoms with Gasteiger partial charge in [0.2, 0.25) is 0 Å². The van der Waals surface area contributed by atoms with Crippen LogP contribution in [-0.2, 0) is 10.2 Å². The molecule has 1 unspecified atom stereocenters. The van der Waals surface area contributed by atoms with Crippen molar-refractivity contribution in [3.05, 3.63) is 53.9 Å². The van der Waals surface area contributed by atoms with Gasteiger partial charge >= 0.3 is 0 Å². The lowest BCUT2D eigenvalue weighted by atomic mass is 9.87. The fourth-order valence-electron chi connectivity index (χ4n) is 2.66.